The summed E-state index contributed by atoms with van der Waals surface area (Å²) in [4.78, 5) is 12.5. The molecule has 0 amide bonds. The molecule has 0 aliphatic rings. The average molecular weight is 260 g/mol. The third kappa shape index (κ3) is 5.18. The molecule has 0 heterocycles. The molecule has 0 saturated heterocycles. The molecule has 0 aromatic heterocycles. The van der Waals surface area contributed by atoms with E-state index in [9.17, 15) is 4.79 Å². The number of carbonyl (C=O) groups is 1. The summed E-state index contributed by atoms with van der Waals surface area (Å²) in [5, 5.41) is 0. The van der Waals surface area contributed by atoms with Crippen LogP contribution in [0.4, 0.5) is 0 Å². The highest BCUT2D eigenvalue weighted by molar-refractivity contribution is 5.84. The van der Waals surface area contributed by atoms with Crippen LogP contribution in [0.5, 0.6) is 0 Å². The maximum absolute atomic E-state index is 12.5. The predicted octanol–water partition coefficient (Wildman–Crippen LogP) is 5.18. The molecule has 0 N–H and O–H groups in total. The van der Waals surface area contributed by atoms with Gasteiger partial charge in [0.05, 0.1) is 0 Å². The van der Waals surface area contributed by atoms with Crippen molar-refractivity contribution in [1.29, 1.82) is 0 Å². The van der Waals surface area contributed by atoms with Crippen LogP contribution in [0.3, 0.4) is 0 Å². The zero-order chi connectivity index (χ0) is 14.1. The summed E-state index contributed by atoms with van der Waals surface area (Å²) in [6.07, 6.45) is 7.06. The number of hydrogen-bond acceptors (Lipinski definition) is 1. The van der Waals surface area contributed by atoms with Crippen LogP contribution in [-0.2, 0) is 11.2 Å². The van der Waals surface area contributed by atoms with Crippen LogP contribution in [0.25, 0.3) is 0 Å². The zero-order valence-electron chi connectivity index (χ0n) is 12.7. The Morgan fingerprint density at radius 1 is 1.05 bits per heavy atom. The van der Waals surface area contributed by atoms with Crippen LogP contribution in [0.1, 0.15) is 64.9 Å². The number of benzene rings is 1. The summed E-state index contributed by atoms with van der Waals surface area (Å²) < 4.78 is 0. The molecule has 1 rings (SSSR count). The molecule has 0 aliphatic carbocycles. The van der Waals surface area contributed by atoms with Crippen LogP contribution < -0.4 is 0 Å². The lowest BCUT2D eigenvalue weighted by atomic mass is 9.74. The van der Waals surface area contributed by atoms with Crippen molar-refractivity contribution in [1.82, 2.24) is 0 Å². The van der Waals surface area contributed by atoms with Crippen molar-refractivity contribution in [3.63, 3.8) is 0 Å². The Balaban J connectivity index is 2.76. The Bertz CT molecular complexity index is 369. The van der Waals surface area contributed by atoms with E-state index in [0.717, 1.165) is 44.9 Å². The molecule has 1 heteroatoms. The van der Waals surface area contributed by atoms with Gasteiger partial charge in [-0.1, -0.05) is 70.4 Å². The second-order valence-corrected chi connectivity index (χ2v) is 5.85. The van der Waals surface area contributed by atoms with Gasteiger partial charge < -0.3 is 0 Å². The molecule has 0 radical (unpaired) electrons. The van der Waals surface area contributed by atoms with Crippen molar-refractivity contribution in [3.05, 3.63) is 35.9 Å². The van der Waals surface area contributed by atoms with Crippen LogP contribution in [-0.4, -0.2) is 5.78 Å². The third-order valence-electron chi connectivity index (χ3n) is 3.95. The maximum Gasteiger partial charge on any atom is 0.139 e. The summed E-state index contributed by atoms with van der Waals surface area (Å²) >= 11 is 0. The minimum Gasteiger partial charge on any atom is -0.299 e. The van der Waals surface area contributed by atoms with Crippen molar-refractivity contribution < 1.29 is 4.79 Å². The first-order valence-electron chi connectivity index (χ1n) is 7.69. The van der Waals surface area contributed by atoms with Gasteiger partial charge in [0, 0.05) is 11.8 Å². The van der Waals surface area contributed by atoms with E-state index in [2.05, 4.69) is 45.0 Å². The van der Waals surface area contributed by atoms with Gasteiger partial charge in [0.15, 0.2) is 0 Å². The Kier molecular flexibility index (Phi) is 6.83. The summed E-state index contributed by atoms with van der Waals surface area (Å²) in [6, 6.07) is 10.4. The molecule has 1 aromatic carbocycles. The topological polar surface area (TPSA) is 17.1 Å². The molecule has 106 valence electrons. The fraction of sp³-hybridized carbons (Fsp3) is 0.611. The van der Waals surface area contributed by atoms with E-state index in [-0.39, 0.29) is 5.41 Å². The fourth-order valence-electron chi connectivity index (χ4n) is 2.58. The van der Waals surface area contributed by atoms with Gasteiger partial charge in [0.25, 0.3) is 0 Å². The summed E-state index contributed by atoms with van der Waals surface area (Å²) in [7, 11) is 0. The molecule has 1 nitrogen and oxygen atoms in total. The Hall–Kier alpha value is -1.11. The molecule has 1 unspecified atom stereocenters. The number of carbonyl (C=O) groups excluding carboxylic acids is 1. The molecule has 0 fully saturated rings. The molecular weight excluding hydrogens is 232 g/mol. The highest BCUT2D eigenvalue weighted by Crippen LogP contribution is 2.32. The van der Waals surface area contributed by atoms with E-state index in [1.807, 2.05) is 6.07 Å². The summed E-state index contributed by atoms with van der Waals surface area (Å²) in [5.41, 5.74) is 1.11. The maximum atomic E-state index is 12.5. The smallest absolute Gasteiger partial charge is 0.139 e. The quantitative estimate of drug-likeness (QED) is 0.597. The zero-order valence-corrected chi connectivity index (χ0v) is 12.7. The van der Waals surface area contributed by atoms with Gasteiger partial charge in [0.2, 0.25) is 0 Å². The van der Waals surface area contributed by atoms with Gasteiger partial charge in [-0.15, -0.1) is 0 Å². The SMILES string of the molecule is CCCCC(=O)C(C)(CCCC)Cc1ccccc1. The molecule has 0 spiro atoms. The van der Waals surface area contributed by atoms with Crippen LogP contribution in [0, 0.1) is 5.41 Å². The summed E-state index contributed by atoms with van der Waals surface area (Å²) in [6.45, 7) is 6.50. The second kappa shape index (κ2) is 8.14. The summed E-state index contributed by atoms with van der Waals surface area (Å²) in [5.74, 6) is 0.451. The van der Waals surface area contributed by atoms with Crippen molar-refractivity contribution in [2.45, 2.75) is 65.7 Å². The molecule has 19 heavy (non-hydrogen) atoms. The Labute approximate surface area is 118 Å². The fourth-order valence-corrected chi connectivity index (χ4v) is 2.58. The van der Waals surface area contributed by atoms with E-state index >= 15 is 0 Å². The first kappa shape index (κ1) is 15.9. The van der Waals surface area contributed by atoms with E-state index < -0.39 is 0 Å². The van der Waals surface area contributed by atoms with E-state index in [0.29, 0.717) is 5.78 Å². The number of unbranched alkanes of at least 4 members (excludes halogenated alkanes) is 2. The molecule has 0 aliphatic heterocycles. The highest BCUT2D eigenvalue weighted by Gasteiger charge is 2.31. The van der Waals surface area contributed by atoms with E-state index in [1.54, 1.807) is 0 Å². The van der Waals surface area contributed by atoms with Gasteiger partial charge in [-0.2, -0.15) is 0 Å². The van der Waals surface area contributed by atoms with Crippen molar-refractivity contribution in [2.24, 2.45) is 5.41 Å². The van der Waals surface area contributed by atoms with E-state index in [4.69, 9.17) is 0 Å². The van der Waals surface area contributed by atoms with Gasteiger partial charge >= 0.3 is 0 Å². The number of ketones is 1. The predicted molar refractivity (Wildman–Crippen MR) is 82.3 cm³/mol. The number of hydrogen-bond donors (Lipinski definition) is 0. The van der Waals surface area contributed by atoms with Gasteiger partial charge in [-0.25, -0.2) is 0 Å². The second-order valence-electron chi connectivity index (χ2n) is 5.85. The highest BCUT2D eigenvalue weighted by atomic mass is 16.1. The lowest BCUT2D eigenvalue weighted by molar-refractivity contribution is -0.128. The van der Waals surface area contributed by atoms with Crippen molar-refractivity contribution in [2.75, 3.05) is 0 Å². The molecular formula is C18H28O. The Morgan fingerprint density at radius 3 is 2.26 bits per heavy atom. The normalized spacial score (nSPS) is 14.1. The largest absolute Gasteiger partial charge is 0.299 e. The minimum atomic E-state index is -0.174. The van der Waals surface area contributed by atoms with Gasteiger partial charge in [-0.05, 0) is 24.8 Å². The van der Waals surface area contributed by atoms with Crippen LogP contribution in [0.2, 0.25) is 0 Å². The first-order valence-corrected chi connectivity index (χ1v) is 7.69. The lowest BCUT2D eigenvalue weighted by Crippen LogP contribution is -2.30. The van der Waals surface area contributed by atoms with E-state index in [1.165, 1.54) is 5.56 Å². The first-order chi connectivity index (χ1) is 9.12. The van der Waals surface area contributed by atoms with Crippen LogP contribution >= 0.6 is 0 Å². The third-order valence-corrected chi connectivity index (χ3v) is 3.95. The Morgan fingerprint density at radius 2 is 1.68 bits per heavy atom. The van der Waals surface area contributed by atoms with Gasteiger partial charge in [-0.3, -0.25) is 4.79 Å². The minimum absolute atomic E-state index is 0.174. The average Bonchev–Trinajstić information content (AvgIpc) is 2.43. The monoisotopic (exact) mass is 260 g/mol. The number of rotatable bonds is 9. The molecule has 0 bridgehead atoms. The number of Topliss-reactive ketones (excluding diaryl/α,β-unsaturated/α-hetero) is 1. The van der Waals surface area contributed by atoms with Crippen molar-refractivity contribution >= 4 is 5.78 Å². The molecule has 1 aromatic rings. The molecule has 1 atom stereocenters. The molecule has 0 saturated carbocycles. The lowest BCUT2D eigenvalue weighted by Gasteiger charge is -2.28. The van der Waals surface area contributed by atoms with Crippen molar-refractivity contribution in [3.8, 4) is 0 Å². The van der Waals surface area contributed by atoms with Crippen LogP contribution in [0.15, 0.2) is 30.3 Å². The standard InChI is InChI=1S/C18H28O/c1-4-6-13-17(19)18(3,14-7-5-2)15-16-11-9-8-10-12-16/h8-12H,4-7,13-15H2,1-3H3. The van der Waals surface area contributed by atoms with Gasteiger partial charge in [0.1, 0.15) is 5.78 Å².